The van der Waals surface area contributed by atoms with Gasteiger partial charge in [-0.15, -0.1) is 0 Å². The van der Waals surface area contributed by atoms with E-state index >= 15 is 0 Å². The number of hydrogen-bond acceptors (Lipinski definition) is 4. The molecule has 0 bridgehead atoms. The molecule has 0 atom stereocenters. The standard InChI is InChI=1S/C25H16N4O2/c26-14-19-6-1-2-7-20(19)16-28-17-22(24-10-3-4-11-25(24)28)12-21(15-27)18-8-5-9-23(13-18)29(30)31/h1-13,17H,16H2. The molecule has 0 N–H and O–H groups in total. The van der Waals surface area contributed by atoms with Gasteiger partial charge in [0.1, 0.15) is 0 Å². The third kappa shape index (κ3) is 3.91. The van der Waals surface area contributed by atoms with E-state index in [2.05, 4.69) is 12.1 Å². The Morgan fingerprint density at radius 2 is 1.81 bits per heavy atom. The fourth-order valence-corrected chi connectivity index (χ4v) is 3.59. The maximum atomic E-state index is 11.1. The molecule has 0 saturated heterocycles. The lowest BCUT2D eigenvalue weighted by Crippen LogP contribution is -2.00. The van der Waals surface area contributed by atoms with Crippen molar-refractivity contribution in [3.63, 3.8) is 0 Å². The zero-order valence-electron chi connectivity index (χ0n) is 16.4. The van der Waals surface area contributed by atoms with Crippen LogP contribution in [-0.2, 0) is 6.54 Å². The van der Waals surface area contributed by atoms with Crippen molar-refractivity contribution >= 4 is 28.2 Å². The predicted octanol–water partition coefficient (Wildman–Crippen LogP) is 5.53. The molecule has 0 fully saturated rings. The van der Waals surface area contributed by atoms with Crippen LogP contribution in [-0.4, -0.2) is 9.49 Å². The van der Waals surface area contributed by atoms with E-state index in [1.807, 2.05) is 53.2 Å². The number of non-ortho nitro benzene ring substituents is 1. The van der Waals surface area contributed by atoms with Gasteiger partial charge in [-0.1, -0.05) is 48.5 Å². The summed E-state index contributed by atoms with van der Waals surface area (Å²) in [5.74, 6) is 0. The average Bonchev–Trinajstić information content (AvgIpc) is 3.15. The molecule has 0 saturated carbocycles. The Labute approximate surface area is 178 Å². The van der Waals surface area contributed by atoms with E-state index in [9.17, 15) is 20.6 Å². The van der Waals surface area contributed by atoms with Gasteiger partial charge in [0.05, 0.1) is 28.2 Å². The average molecular weight is 404 g/mol. The summed E-state index contributed by atoms with van der Waals surface area (Å²) in [7, 11) is 0. The number of nitro groups is 1. The molecule has 0 spiro atoms. The van der Waals surface area contributed by atoms with E-state index < -0.39 is 4.92 Å². The van der Waals surface area contributed by atoms with Gasteiger partial charge in [-0.2, -0.15) is 10.5 Å². The highest BCUT2D eigenvalue weighted by atomic mass is 16.6. The molecule has 1 aromatic heterocycles. The van der Waals surface area contributed by atoms with E-state index in [4.69, 9.17) is 0 Å². The van der Waals surface area contributed by atoms with Crippen molar-refractivity contribution < 1.29 is 4.92 Å². The van der Waals surface area contributed by atoms with Crippen LogP contribution in [0.1, 0.15) is 22.3 Å². The molecule has 0 aliphatic heterocycles. The minimum Gasteiger partial charge on any atom is -0.342 e. The molecule has 4 rings (SSSR count). The summed E-state index contributed by atoms with van der Waals surface area (Å²) in [5, 5.41) is 31.2. The second kappa shape index (κ2) is 8.36. The molecular weight excluding hydrogens is 388 g/mol. The van der Waals surface area contributed by atoms with Crippen LogP contribution in [0.15, 0.2) is 79.0 Å². The largest absolute Gasteiger partial charge is 0.342 e. The smallest absolute Gasteiger partial charge is 0.270 e. The van der Waals surface area contributed by atoms with Crippen molar-refractivity contribution in [2.45, 2.75) is 6.54 Å². The highest BCUT2D eigenvalue weighted by molar-refractivity contribution is 5.98. The first kappa shape index (κ1) is 19.6. The summed E-state index contributed by atoms with van der Waals surface area (Å²) in [6.45, 7) is 0.511. The number of hydrogen-bond donors (Lipinski definition) is 0. The zero-order chi connectivity index (χ0) is 21.8. The monoisotopic (exact) mass is 404 g/mol. The van der Waals surface area contributed by atoms with Gasteiger partial charge in [0.15, 0.2) is 0 Å². The third-order valence-electron chi connectivity index (χ3n) is 5.09. The van der Waals surface area contributed by atoms with E-state index in [0.29, 0.717) is 23.2 Å². The number of aromatic nitrogens is 1. The first-order valence-electron chi connectivity index (χ1n) is 9.53. The molecule has 1 heterocycles. The summed E-state index contributed by atoms with van der Waals surface area (Å²) in [4.78, 5) is 10.6. The van der Waals surface area contributed by atoms with Gasteiger partial charge in [-0.3, -0.25) is 10.1 Å². The third-order valence-corrected chi connectivity index (χ3v) is 5.09. The summed E-state index contributed by atoms with van der Waals surface area (Å²) >= 11 is 0. The second-order valence-corrected chi connectivity index (χ2v) is 6.98. The van der Waals surface area contributed by atoms with Crippen molar-refractivity contribution in [1.29, 1.82) is 10.5 Å². The highest BCUT2D eigenvalue weighted by Gasteiger charge is 2.12. The van der Waals surface area contributed by atoms with Crippen molar-refractivity contribution in [3.8, 4) is 12.1 Å². The first-order chi connectivity index (χ1) is 15.1. The minimum absolute atomic E-state index is 0.0609. The molecule has 4 aromatic rings. The molecule has 148 valence electrons. The molecule has 0 aliphatic carbocycles. The lowest BCUT2D eigenvalue weighted by atomic mass is 10.0. The quantitative estimate of drug-likeness (QED) is 0.248. The van der Waals surface area contributed by atoms with Gasteiger partial charge in [0, 0.05) is 41.3 Å². The summed E-state index contributed by atoms with van der Waals surface area (Å²) in [5.41, 5.74) is 4.08. The maximum Gasteiger partial charge on any atom is 0.270 e. The Kier molecular flexibility index (Phi) is 5.29. The van der Waals surface area contributed by atoms with Crippen LogP contribution in [0.3, 0.4) is 0 Å². The molecule has 31 heavy (non-hydrogen) atoms. The molecular formula is C25H16N4O2. The maximum absolute atomic E-state index is 11.1. The molecule has 0 unspecified atom stereocenters. The van der Waals surface area contributed by atoms with Crippen LogP contribution in [0.25, 0.3) is 22.6 Å². The Balaban J connectivity index is 1.82. The highest BCUT2D eigenvalue weighted by Crippen LogP contribution is 2.28. The summed E-state index contributed by atoms with van der Waals surface area (Å²) in [6, 6.07) is 25.7. The normalized spacial score (nSPS) is 11.1. The predicted molar refractivity (Wildman–Crippen MR) is 119 cm³/mol. The Morgan fingerprint density at radius 3 is 2.58 bits per heavy atom. The topological polar surface area (TPSA) is 95.7 Å². The van der Waals surface area contributed by atoms with E-state index in [0.717, 1.165) is 22.0 Å². The molecule has 6 heteroatoms. The van der Waals surface area contributed by atoms with Crippen LogP contribution in [0, 0.1) is 32.8 Å². The van der Waals surface area contributed by atoms with Crippen LogP contribution in [0.4, 0.5) is 5.69 Å². The molecule has 3 aromatic carbocycles. The van der Waals surface area contributed by atoms with Crippen molar-refractivity contribution in [3.05, 3.63) is 111 Å². The Morgan fingerprint density at radius 1 is 1.03 bits per heavy atom. The number of nitrogens with zero attached hydrogens (tertiary/aromatic N) is 4. The van der Waals surface area contributed by atoms with E-state index in [-0.39, 0.29) is 5.69 Å². The Hall–Kier alpha value is -4.68. The van der Waals surface area contributed by atoms with Crippen molar-refractivity contribution in [2.24, 2.45) is 0 Å². The lowest BCUT2D eigenvalue weighted by molar-refractivity contribution is -0.384. The number of nitriles is 2. The number of rotatable bonds is 5. The van der Waals surface area contributed by atoms with Crippen LogP contribution >= 0.6 is 0 Å². The minimum atomic E-state index is -0.475. The zero-order valence-corrected chi connectivity index (χ0v) is 16.4. The SMILES string of the molecule is N#CC(=Cc1cn(Cc2ccccc2C#N)c2ccccc12)c1cccc([N+](=O)[O-])c1. The number of nitro benzene ring substituents is 1. The summed E-state index contributed by atoms with van der Waals surface area (Å²) < 4.78 is 2.04. The van der Waals surface area contributed by atoms with Crippen LogP contribution in [0.2, 0.25) is 0 Å². The van der Waals surface area contributed by atoms with E-state index in [1.165, 1.54) is 12.1 Å². The van der Waals surface area contributed by atoms with Gasteiger partial charge in [0.2, 0.25) is 0 Å². The van der Waals surface area contributed by atoms with Crippen LogP contribution < -0.4 is 0 Å². The molecule has 0 radical (unpaired) electrons. The fourth-order valence-electron chi connectivity index (χ4n) is 3.59. The lowest BCUT2D eigenvalue weighted by Gasteiger charge is -2.07. The molecule has 0 amide bonds. The van der Waals surface area contributed by atoms with Gasteiger partial charge >= 0.3 is 0 Å². The van der Waals surface area contributed by atoms with Gasteiger partial charge in [-0.25, -0.2) is 0 Å². The van der Waals surface area contributed by atoms with Gasteiger partial charge in [0.25, 0.3) is 5.69 Å². The number of fused-ring (bicyclic) bond motifs is 1. The van der Waals surface area contributed by atoms with Crippen LogP contribution in [0.5, 0.6) is 0 Å². The fraction of sp³-hybridized carbons (Fsp3) is 0.0400. The van der Waals surface area contributed by atoms with Crippen molar-refractivity contribution in [1.82, 2.24) is 4.57 Å². The van der Waals surface area contributed by atoms with Gasteiger partial charge in [-0.05, 0) is 29.3 Å². The number of allylic oxidation sites excluding steroid dienone is 1. The first-order valence-corrected chi connectivity index (χ1v) is 9.53. The number of para-hydroxylation sites is 1. The van der Waals surface area contributed by atoms with Crippen molar-refractivity contribution in [2.75, 3.05) is 0 Å². The number of benzene rings is 3. The molecule has 6 nitrogen and oxygen atoms in total. The second-order valence-electron chi connectivity index (χ2n) is 6.98. The molecule has 0 aliphatic rings. The van der Waals surface area contributed by atoms with Gasteiger partial charge < -0.3 is 4.57 Å². The van der Waals surface area contributed by atoms with E-state index in [1.54, 1.807) is 24.3 Å². The summed E-state index contributed by atoms with van der Waals surface area (Å²) in [6.07, 6.45) is 3.68. The Bertz CT molecular complexity index is 1420.